The molecule has 0 aliphatic carbocycles. The largest absolute Gasteiger partial charge is 0.497 e. The third-order valence-corrected chi connectivity index (χ3v) is 4.75. The average molecular weight is 445 g/mol. The summed E-state index contributed by atoms with van der Waals surface area (Å²) in [5.41, 5.74) is 7.71. The van der Waals surface area contributed by atoms with Gasteiger partial charge in [-0.2, -0.15) is 0 Å². The number of nitrogens with two attached hydrogens (primary N) is 1. The molecule has 0 aliphatic rings. The molecule has 0 fully saturated rings. The Kier molecular flexibility index (Phi) is 6.61. The number of hydrogen-bond donors (Lipinski definition) is 3. The number of amides is 2. The minimum atomic E-state index is -0.593. The Morgan fingerprint density at radius 2 is 1.74 bits per heavy atom. The second-order valence-electron chi connectivity index (χ2n) is 6.55. The number of ether oxygens (including phenoxy) is 2. The van der Waals surface area contributed by atoms with Crippen LogP contribution in [0.2, 0.25) is 5.02 Å². The minimum absolute atomic E-state index is 0.0514. The molecule has 0 saturated carbocycles. The van der Waals surface area contributed by atoms with E-state index in [4.69, 9.17) is 26.8 Å². The van der Waals surface area contributed by atoms with Crippen LogP contribution >= 0.6 is 11.6 Å². The Hall–Kier alpha value is -3.79. The SMILES string of the molecule is COc1cc(NC(=O)c2nnn(CC(=O)Nc3ccc(C)c(Cl)c3)c2N)cc(OC)c1. The molecule has 0 aliphatic heterocycles. The van der Waals surface area contributed by atoms with E-state index in [2.05, 4.69) is 20.9 Å². The fraction of sp³-hybridized carbons (Fsp3) is 0.200. The molecule has 0 bridgehead atoms. The van der Waals surface area contributed by atoms with E-state index in [1.807, 2.05) is 6.92 Å². The van der Waals surface area contributed by atoms with E-state index >= 15 is 0 Å². The number of nitrogens with zero attached hydrogens (tertiary/aromatic N) is 3. The summed E-state index contributed by atoms with van der Waals surface area (Å²) < 4.78 is 11.5. The Labute approximate surface area is 183 Å². The molecular weight excluding hydrogens is 424 g/mol. The van der Waals surface area contributed by atoms with Crippen molar-refractivity contribution in [1.29, 1.82) is 0 Å². The maximum atomic E-state index is 12.6. The smallest absolute Gasteiger partial charge is 0.280 e. The second kappa shape index (κ2) is 9.35. The Bertz CT molecular complexity index is 1110. The maximum Gasteiger partial charge on any atom is 0.280 e. The van der Waals surface area contributed by atoms with Crippen molar-refractivity contribution in [3.8, 4) is 11.5 Å². The summed E-state index contributed by atoms with van der Waals surface area (Å²) >= 11 is 6.07. The van der Waals surface area contributed by atoms with Gasteiger partial charge >= 0.3 is 0 Å². The standard InChI is InChI=1S/C20H21ClN6O4/c1-11-4-5-12(8-16(11)21)23-17(28)10-27-19(22)18(25-26-27)20(29)24-13-6-14(30-2)9-15(7-13)31-3/h4-9H,10,22H2,1-3H3,(H,23,28)(H,24,29). The number of hydrogen-bond acceptors (Lipinski definition) is 7. The summed E-state index contributed by atoms with van der Waals surface area (Å²) in [7, 11) is 3.00. The summed E-state index contributed by atoms with van der Waals surface area (Å²) in [5, 5.41) is 13.5. The molecule has 0 atom stereocenters. The molecule has 10 nitrogen and oxygen atoms in total. The second-order valence-corrected chi connectivity index (χ2v) is 6.96. The number of halogens is 1. The van der Waals surface area contributed by atoms with Crippen molar-refractivity contribution in [1.82, 2.24) is 15.0 Å². The Morgan fingerprint density at radius 3 is 2.35 bits per heavy atom. The first kappa shape index (κ1) is 21.9. The summed E-state index contributed by atoms with van der Waals surface area (Å²) in [4.78, 5) is 24.9. The molecule has 1 heterocycles. The van der Waals surface area contributed by atoms with Crippen LogP contribution in [0.4, 0.5) is 17.2 Å². The first-order valence-electron chi connectivity index (χ1n) is 9.10. The van der Waals surface area contributed by atoms with E-state index < -0.39 is 11.8 Å². The number of anilines is 3. The number of aryl methyl sites for hydroxylation is 1. The molecule has 0 spiro atoms. The fourth-order valence-electron chi connectivity index (χ4n) is 2.68. The van der Waals surface area contributed by atoms with Crippen LogP contribution in [0.15, 0.2) is 36.4 Å². The Balaban J connectivity index is 1.69. The van der Waals surface area contributed by atoms with Crippen molar-refractivity contribution in [2.45, 2.75) is 13.5 Å². The van der Waals surface area contributed by atoms with Gasteiger partial charge in [-0.05, 0) is 24.6 Å². The Morgan fingerprint density at radius 1 is 1.06 bits per heavy atom. The molecule has 162 valence electrons. The van der Waals surface area contributed by atoms with Crippen molar-refractivity contribution in [3.63, 3.8) is 0 Å². The normalized spacial score (nSPS) is 10.5. The van der Waals surface area contributed by atoms with Crippen LogP contribution in [0, 0.1) is 6.92 Å². The molecular formula is C20H21ClN6O4. The van der Waals surface area contributed by atoms with Gasteiger partial charge in [-0.25, -0.2) is 4.68 Å². The topological polar surface area (TPSA) is 133 Å². The number of methoxy groups -OCH3 is 2. The number of carbonyl (C=O) groups excluding carboxylic acids is 2. The van der Waals surface area contributed by atoms with E-state index in [0.717, 1.165) is 10.2 Å². The number of carbonyl (C=O) groups is 2. The van der Waals surface area contributed by atoms with Crippen LogP contribution in [0.5, 0.6) is 11.5 Å². The highest BCUT2D eigenvalue weighted by atomic mass is 35.5. The van der Waals surface area contributed by atoms with Crippen LogP contribution in [-0.2, 0) is 11.3 Å². The maximum absolute atomic E-state index is 12.6. The van der Waals surface area contributed by atoms with Gasteiger partial charge < -0.3 is 25.8 Å². The first-order chi connectivity index (χ1) is 14.8. The third-order valence-electron chi connectivity index (χ3n) is 4.35. The summed E-state index contributed by atoms with van der Waals surface area (Å²) in [5.74, 6) is -0.0476. The zero-order valence-corrected chi connectivity index (χ0v) is 17.9. The molecule has 2 aromatic carbocycles. The van der Waals surface area contributed by atoms with E-state index in [0.29, 0.717) is 27.9 Å². The molecule has 1 aromatic heterocycles. The lowest BCUT2D eigenvalue weighted by Gasteiger charge is -2.09. The zero-order valence-electron chi connectivity index (χ0n) is 17.1. The molecule has 31 heavy (non-hydrogen) atoms. The van der Waals surface area contributed by atoms with Gasteiger partial charge in [0, 0.05) is 34.6 Å². The minimum Gasteiger partial charge on any atom is -0.497 e. The number of nitrogens with one attached hydrogen (secondary N) is 2. The lowest BCUT2D eigenvalue weighted by molar-refractivity contribution is -0.116. The quantitative estimate of drug-likeness (QED) is 0.510. The number of nitrogen functional groups attached to an aromatic ring is 1. The van der Waals surface area contributed by atoms with E-state index in [1.165, 1.54) is 14.2 Å². The van der Waals surface area contributed by atoms with Gasteiger partial charge in [0.2, 0.25) is 5.91 Å². The first-order valence-corrected chi connectivity index (χ1v) is 9.48. The van der Waals surface area contributed by atoms with Gasteiger partial charge in [0.05, 0.1) is 14.2 Å². The van der Waals surface area contributed by atoms with Crippen LogP contribution in [0.1, 0.15) is 16.1 Å². The van der Waals surface area contributed by atoms with Crippen molar-refractivity contribution in [2.75, 3.05) is 30.6 Å². The third kappa shape index (κ3) is 5.23. The van der Waals surface area contributed by atoms with Gasteiger partial charge in [-0.3, -0.25) is 9.59 Å². The number of aromatic nitrogens is 3. The zero-order chi connectivity index (χ0) is 22.5. The van der Waals surface area contributed by atoms with Gasteiger partial charge in [0.25, 0.3) is 5.91 Å². The molecule has 3 aromatic rings. The van der Waals surface area contributed by atoms with Crippen LogP contribution in [0.25, 0.3) is 0 Å². The molecule has 0 unspecified atom stereocenters. The predicted octanol–water partition coefficient (Wildman–Crippen LogP) is 2.73. The molecule has 0 radical (unpaired) electrons. The predicted molar refractivity (Wildman–Crippen MR) is 117 cm³/mol. The summed E-state index contributed by atoms with van der Waals surface area (Å²) in [6.07, 6.45) is 0. The van der Waals surface area contributed by atoms with E-state index in [9.17, 15) is 9.59 Å². The van der Waals surface area contributed by atoms with Crippen molar-refractivity contribution >= 4 is 40.6 Å². The van der Waals surface area contributed by atoms with Crippen molar-refractivity contribution < 1.29 is 19.1 Å². The van der Waals surface area contributed by atoms with E-state index in [-0.39, 0.29) is 18.1 Å². The van der Waals surface area contributed by atoms with Gasteiger partial charge in [-0.1, -0.05) is 22.9 Å². The van der Waals surface area contributed by atoms with Crippen LogP contribution in [0.3, 0.4) is 0 Å². The monoisotopic (exact) mass is 444 g/mol. The molecule has 11 heteroatoms. The van der Waals surface area contributed by atoms with Crippen LogP contribution < -0.4 is 25.8 Å². The average Bonchev–Trinajstić information content (AvgIpc) is 3.10. The number of rotatable bonds is 7. The lowest BCUT2D eigenvalue weighted by Crippen LogP contribution is -2.21. The highest BCUT2D eigenvalue weighted by Crippen LogP contribution is 2.26. The highest BCUT2D eigenvalue weighted by molar-refractivity contribution is 6.31. The van der Waals surface area contributed by atoms with Gasteiger partial charge in [-0.15, -0.1) is 5.10 Å². The lowest BCUT2D eigenvalue weighted by atomic mass is 10.2. The highest BCUT2D eigenvalue weighted by Gasteiger charge is 2.20. The van der Waals surface area contributed by atoms with Gasteiger partial charge in [0.15, 0.2) is 11.5 Å². The van der Waals surface area contributed by atoms with Crippen molar-refractivity contribution in [3.05, 3.63) is 52.7 Å². The van der Waals surface area contributed by atoms with Gasteiger partial charge in [0.1, 0.15) is 18.0 Å². The fourth-order valence-corrected chi connectivity index (χ4v) is 2.86. The molecule has 0 saturated heterocycles. The summed E-state index contributed by atoms with van der Waals surface area (Å²) in [6, 6.07) is 10.0. The van der Waals surface area contributed by atoms with E-state index in [1.54, 1.807) is 36.4 Å². The van der Waals surface area contributed by atoms with Crippen molar-refractivity contribution in [2.24, 2.45) is 0 Å². The molecule has 2 amide bonds. The van der Waals surface area contributed by atoms with Crippen LogP contribution in [-0.4, -0.2) is 41.0 Å². The number of benzene rings is 2. The summed E-state index contributed by atoms with van der Waals surface area (Å²) in [6.45, 7) is 1.63. The molecule has 3 rings (SSSR count). The molecule has 4 N–H and O–H groups in total.